The third kappa shape index (κ3) is 9.21. The number of hydrogen-bond acceptors (Lipinski definition) is 11. The van der Waals surface area contributed by atoms with Gasteiger partial charge in [0.2, 0.25) is 18.0 Å². The second-order valence-electron chi connectivity index (χ2n) is 10.6. The smallest absolute Gasteiger partial charge is 0.407 e. The first-order chi connectivity index (χ1) is 19.9. The second-order valence-corrected chi connectivity index (χ2v) is 10.6. The summed E-state index contributed by atoms with van der Waals surface area (Å²) in [6.07, 6.45) is -1.19. The minimum Gasteiger partial charge on any atom is -0.466 e. The van der Waals surface area contributed by atoms with Crippen molar-refractivity contribution in [3.8, 4) is 5.75 Å². The van der Waals surface area contributed by atoms with E-state index in [0.29, 0.717) is 39.5 Å². The third-order valence-corrected chi connectivity index (χ3v) is 5.94. The highest BCUT2D eigenvalue weighted by molar-refractivity contribution is 6.24. The first kappa shape index (κ1) is 32.4. The van der Waals surface area contributed by atoms with Crippen LogP contribution in [0.3, 0.4) is 0 Å². The van der Waals surface area contributed by atoms with Gasteiger partial charge in [-0.05, 0) is 46.2 Å². The van der Waals surface area contributed by atoms with Crippen molar-refractivity contribution in [3.05, 3.63) is 29.3 Å². The van der Waals surface area contributed by atoms with Gasteiger partial charge in [0.1, 0.15) is 17.4 Å². The van der Waals surface area contributed by atoms with E-state index in [1.165, 1.54) is 12.1 Å². The second kappa shape index (κ2) is 14.7. The molecule has 1 saturated heterocycles. The number of hydrogen-bond donors (Lipinski definition) is 2. The fraction of sp³-hybridized carbons (Fsp3) is 0.593. The SMILES string of the molecule is CC(/N=N\N(C)CCOCCOCCNC(=O)OC(C)(C)C)Oc1cccc2c1C(=O)N(C1CCC(=O)NC1=O)C2=O. The monoisotopic (exact) mass is 590 g/mol. The Morgan fingerprint density at radius 3 is 2.52 bits per heavy atom. The highest BCUT2D eigenvalue weighted by Gasteiger charge is 2.46. The largest absolute Gasteiger partial charge is 0.466 e. The molecule has 0 spiro atoms. The molecule has 1 fully saturated rings. The molecule has 2 atom stereocenters. The van der Waals surface area contributed by atoms with Crippen molar-refractivity contribution in [2.45, 2.75) is 58.4 Å². The lowest BCUT2D eigenvalue weighted by Crippen LogP contribution is -2.54. The van der Waals surface area contributed by atoms with Gasteiger partial charge in [0, 0.05) is 20.0 Å². The fourth-order valence-corrected chi connectivity index (χ4v) is 4.05. The Kier molecular flexibility index (Phi) is 11.3. The van der Waals surface area contributed by atoms with E-state index in [2.05, 4.69) is 21.0 Å². The molecule has 230 valence electrons. The summed E-state index contributed by atoms with van der Waals surface area (Å²) in [5, 5.41) is 14.5. The third-order valence-electron chi connectivity index (χ3n) is 5.94. The summed E-state index contributed by atoms with van der Waals surface area (Å²) in [4.78, 5) is 62.3. The zero-order valence-electron chi connectivity index (χ0n) is 24.5. The molecule has 2 aliphatic heterocycles. The van der Waals surface area contributed by atoms with E-state index >= 15 is 0 Å². The van der Waals surface area contributed by atoms with Gasteiger partial charge in [0.05, 0.1) is 44.1 Å². The van der Waals surface area contributed by atoms with Crippen LogP contribution in [-0.4, -0.2) is 104 Å². The first-order valence-electron chi connectivity index (χ1n) is 13.6. The van der Waals surface area contributed by atoms with Crippen molar-refractivity contribution < 1.29 is 42.9 Å². The molecule has 2 unspecified atom stereocenters. The maximum absolute atomic E-state index is 13.2. The molecule has 1 aromatic rings. The molecule has 3 rings (SSSR count). The van der Waals surface area contributed by atoms with Crippen molar-refractivity contribution in [3.63, 3.8) is 0 Å². The van der Waals surface area contributed by atoms with Gasteiger partial charge in [-0.3, -0.25) is 34.4 Å². The molecule has 1 aromatic carbocycles. The van der Waals surface area contributed by atoms with E-state index in [0.717, 1.165) is 4.90 Å². The molecule has 0 radical (unpaired) electrons. The summed E-state index contributed by atoms with van der Waals surface area (Å²) in [7, 11) is 1.71. The van der Waals surface area contributed by atoms with Gasteiger partial charge in [0.15, 0.2) is 0 Å². The molecular formula is C27H38N6O9. The topological polar surface area (TPSA) is 178 Å². The molecule has 5 amide bonds. The van der Waals surface area contributed by atoms with E-state index in [9.17, 15) is 24.0 Å². The lowest BCUT2D eigenvalue weighted by atomic mass is 10.0. The number of likely N-dealkylation sites (N-methyl/N-ethyl adjacent to an activating group) is 1. The Balaban J connectivity index is 1.37. The summed E-state index contributed by atoms with van der Waals surface area (Å²) in [5.41, 5.74) is -0.396. The van der Waals surface area contributed by atoms with Crippen molar-refractivity contribution >= 4 is 29.7 Å². The standard InChI is InChI=1S/C27H38N6O9/c1-17(30-31-32(5)12-14-40-16-15-39-13-11-28-26(38)42-27(2,3)4)41-20-8-6-7-18-22(20)25(37)33(24(18)36)19-9-10-21(34)29-23(19)35/h6-8,17,19H,9-16H2,1-5H3,(H,28,38)(H,29,34,35)/b31-30-. The van der Waals surface area contributed by atoms with Gasteiger partial charge in [-0.1, -0.05) is 11.3 Å². The molecule has 0 bridgehead atoms. The summed E-state index contributed by atoms with van der Waals surface area (Å²) >= 11 is 0. The van der Waals surface area contributed by atoms with Crippen LogP contribution in [-0.2, 0) is 23.8 Å². The number of rotatable bonds is 14. The Labute approximate surface area is 243 Å². The van der Waals surface area contributed by atoms with Crippen LogP contribution >= 0.6 is 0 Å². The van der Waals surface area contributed by atoms with Crippen LogP contribution in [0.5, 0.6) is 5.75 Å². The van der Waals surface area contributed by atoms with Gasteiger partial charge in [-0.2, -0.15) is 0 Å². The number of carbonyl (C=O) groups excluding carboxylic acids is 5. The molecule has 15 nitrogen and oxygen atoms in total. The number of alkyl carbamates (subject to hydrolysis) is 1. The predicted octanol–water partition coefficient (Wildman–Crippen LogP) is 1.67. The van der Waals surface area contributed by atoms with Gasteiger partial charge >= 0.3 is 6.09 Å². The Morgan fingerprint density at radius 1 is 1.12 bits per heavy atom. The minimum absolute atomic E-state index is 0.0337. The van der Waals surface area contributed by atoms with Gasteiger partial charge in [0.25, 0.3) is 11.8 Å². The molecule has 0 saturated carbocycles. The van der Waals surface area contributed by atoms with Crippen LogP contribution in [0.25, 0.3) is 0 Å². The number of nitrogens with one attached hydrogen (secondary N) is 2. The predicted molar refractivity (Wildman–Crippen MR) is 147 cm³/mol. The van der Waals surface area contributed by atoms with Crippen LogP contribution in [0.4, 0.5) is 4.79 Å². The van der Waals surface area contributed by atoms with Crippen LogP contribution in [0.1, 0.15) is 61.3 Å². The molecule has 42 heavy (non-hydrogen) atoms. The summed E-state index contributed by atoms with van der Waals surface area (Å²) in [6, 6.07) is 3.53. The number of nitrogens with zero attached hydrogens (tertiary/aromatic N) is 4. The number of ether oxygens (including phenoxy) is 4. The lowest BCUT2D eigenvalue weighted by molar-refractivity contribution is -0.136. The molecule has 0 aliphatic carbocycles. The molecule has 2 aliphatic rings. The molecule has 2 heterocycles. The number of fused-ring (bicyclic) bond motifs is 1. The molecular weight excluding hydrogens is 552 g/mol. The van der Waals surface area contributed by atoms with Crippen LogP contribution in [0.2, 0.25) is 0 Å². The fourth-order valence-electron chi connectivity index (χ4n) is 4.05. The molecule has 15 heteroatoms. The van der Waals surface area contributed by atoms with Crippen molar-refractivity contribution in [1.82, 2.24) is 20.5 Å². The maximum atomic E-state index is 13.2. The Hall–Kier alpha value is -4.11. The summed E-state index contributed by atoms with van der Waals surface area (Å²) in [5.74, 6) is -2.27. The van der Waals surface area contributed by atoms with Crippen molar-refractivity contribution in [2.75, 3.05) is 46.6 Å². The number of carbonyl (C=O) groups is 5. The van der Waals surface area contributed by atoms with Crippen molar-refractivity contribution in [2.24, 2.45) is 10.3 Å². The van der Waals surface area contributed by atoms with E-state index < -0.39 is 47.6 Å². The highest BCUT2D eigenvalue weighted by atomic mass is 16.6. The van der Waals surface area contributed by atoms with Crippen LogP contribution in [0, 0.1) is 0 Å². The van der Waals surface area contributed by atoms with E-state index in [4.69, 9.17) is 18.9 Å². The number of imide groups is 2. The van der Waals surface area contributed by atoms with Gasteiger partial charge < -0.3 is 24.3 Å². The Bertz CT molecular complexity index is 1200. The van der Waals surface area contributed by atoms with Crippen LogP contribution in [0.15, 0.2) is 28.5 Å². The van der Waals surface area contributed by atoms with Crippen LogP contribution < -0.4 is 15.4 Å². The molecule has 0 aromatic heterocycles. The van der Waals surface area contributed by atoms with E-state index in [1.54, 1.807) is 45.8 Å². The highest BCUT2D eigenvalue weighted by Crippen LogP contribution is 2.34. The van der Waals surface area contributed by atoms with Gasteiger partial charge in [-0.15, -0.1) is 5.11 Å². The number of amides is 5. The zero-order chi connectivity index (χ0) is 30.9. The average molecular weight is 591 g/mol. The minimum atomic E-state index is -1.07. The zero-order valence-corrected chi connectivity index (χ0v) is 24.5. The number of benzene rings is 1. The maximum Gasteiger partial charge on any atom is 0.407 e. The van der Waals surface area contributed by atoms with Gasteiger partial charge in [-0.25, -0.2) is 4.79 Å². The normalized spacial score (nSPS) is 17.7. The van der Waals surface area contributed by atoms with E-state index in [1.807, 2.05) is 0 Å². The van der Waals surface area contributed by atoms with Crippen molar-refractivity contribution in [1.29, 1.82) is 0 Å². The lowest BCUT2D eigenvalue weighted by Gasteiger charge is -2.27. The first-order valence-corrected chi connectivity index (χ1v) is 13.6. The van der Waals surface area contributed by atoms with E-state index in [-0.39, 0.29) is 29.7 Å². The quantitative estimate of drug-likeness (QED) is 0.140. The average Bonchev–Trinajstić information content (AvgIpc) is 3.16. The number of piperidine rings is 1. The molecule has 2 N–H and O–H groups in total. The summed E-state index contributed by atoms with van der Waals surface area (Å²) < 4.78 is 21.9. The summed E-state index contributed by atoms with van der Waals surface area (Å²) in [6.45, 7) is 9.16. The Morgan fingerprint density at radius 2 is 1.83 bits per heavy atom.